The first-order chi connectivity index (χ1) is 9.65. The summed E-state index contributed by atoms with van der Waals surface area (Å²) < 4.78 is 5.44. The van der Waals surface area contributed by atoms with Gasteiger partial charge in [-0.15, -0.1) is 0 Å². The quantitative estimate of drug-likeness (QED) is 0.760. The number of aliphatic hydroxyl groups excluding tert-OH is 1. The van der Waals surface area contributed by atoms with Crippen LogP contribution in [0.15, 0.2) is 24.3 Å². The molecule has 108 valence electrons. The molecule has 0 saturated carbocycles. The van der Waals surface area contributed by atoms with E-state index in [0.717, 1.165) is 6.42 Å². The summed E-state index contributed by atoms with van der Waals surface area (Å²) in [5.74, 6) is -0.0122. The van der Waals surface area contributed by atoms with Crippen LogP contribution in [0.2, 0.25) is 0 Å². The van der Waals surface area contributed by atoms with Crippen molar-refractivity contribution in [3.8, 4) is 0 Å². The van der Waals surface area contributed by atoms with Crippen LogP contribution in [0, 0.1) is 0 Å². The smallest absolute Gasteiger partial charge is 0.252 e. The second-order valence-corrected chi connectivity index (χ2v) is 5.57. The molecule has 0 unspecified atom stereocenters. The van der Waals surface area contributed by atoms with Crippen LogP contribution in [0.25, 0.3) is 0 Å². The summed E-state index contributed by atoms with van der Waals surface area (Å²) in [5.41, 5.74) is 8.33. The number of carbonyl (C=O) groups is 1. The topological polar surface area (TPSA) is 75.8 Å². The summed E-state index contributed by atoms with van der Waals surface area (Å²) in [5, 5.41) is 9.54. The molecule has 1 aromatic carbocycles. The summed E-state index contributed by atoms with van der Waals surface area (Å²) in [6.07, 6.45) is 0.0846. The van der Waals surface area contributed by atoms with Crippen LogP contribution >= 0.6 is 0 Å². The molecule has 0 aromatic heterocycles. The third-order valence-electron chi connectivity index (χ3n) is 4.17. The summed E-state index contributed by atoms with van der Waals surface area (Å²) in [6, 6.07) is 7.82. The number of nitrogens with zero attached hydrogens (tertiary/aromatic N) is 1. The van der Waals surface area contributed by atoms with Gasteiger partial charge in [-0.3, -0.25) is 4.79 Å². The molecule has 0 radical (unpaired) electrons. The van der Waals surface area contributed by atoms with E-state index in [1.54, 1.807) is 0 Å². The molecule has 3 atom stereocenters. The van der Waals surface area contributed by atoms with E-state index < -0.39 is 12.2 Å². The monoisotopic (exact) mass is 276 g/mol. The number of hydrogen-bond acceptors (Lipinski definition) is 4. The van der Waals surface area contributed by atoms with Crippen LogP contribution in [0.3, 0.4) is 0 Å². The summed E-state index contributed by atoms with van der Waals surface area (Å²) in [4.78, 5) is 14.3. The molecular formula is C15H20N2O3. The van der Waals surface area contributed by atoms with Crippen molar-refractivity contribution in [3.63, 3.8) is 0 Å². The predicted octanol–water partition coefficient (Wildman–Crippen LogP) is 0.0484. The molecule has 20 heavy (non-hydrogen) atoms. The normalized spacial score (nSPS) is 29.9. The Kier molecular flexibility index (Phi) is 3.74. The summed E-state index contributed by atoms with van der Waals surface area (Å²) >= 11 is 0. The average molecular weight is 276 g/mol. The van der Waals surface area contributed by atoms with Gasteiger partial charge in [-0.1, -0.05) is 24.3 Å². The number of carbonyl (C=O) groups excluding carboxylic acids is 1. The van der Waals surface area contributed by atoms with Crippen LogP contribution < -0.4 is 5.73 Å². The molecule has 1 aromatic rings. The fourth-order valence-corrected chi connectivity index (χ4v) is 2.87. The van der Waals surface area contributed by atoms with Crippen LogP contribution in [0.5, 0.6) is 0 Å². The lowest BCUT2D eigenvalue weighted by Crippen LogP contribution is -2.52. The van der Waals surface area contributed by atoms with E-state index in [9.17, 15) is 9.90 Å². The second kappa shape index (κ2) is 5.52. The number of fused-ring (bicyclic) bond motifs is 1. The highest BCUT2D eigenvalue weighted by molar-refractivity contribution is 5.81. The minimum atomic E-state index is -0.666. The van der Waals surface area contributed by atoms with Crippen molar-refractivity contribution in [2.75, 3.05) is 13.2 Å². The molecule has 1 amide bonds. The molecule has 2 heterocycles. The van der Waals surface area contributed by atoms with Gasteiger partial charge in [-0.05, 0) is 17.5 Å². The molecule has 0 spiro atoms. The summed E-state index contributed by atoms with van der Waals surface area (Å²) in [7, 11) is 0. The number of aliphatic hydroxyl groups is 1. The van der Waals surface area contributed by atoms with Gasteiger partial charge in [0.15, 0.2) is 0 Å². The van der Waals surface area contributed by atoms with Crippen molar-refractivity contribution >= 4 is 5.91 Å². The molecule has 0 aliphatic carbocycles. The molecule has 0 bridgehead atoms. The van der Waals surface area contributed by atoms with Crippen molar-refractivity contribution in [3.05, 3.63) is 35.4 Å². The van der Waals surface area contributed by atoms with Gasteiger partial charge in [-0.2, -0.15) is 0 Å². The van der Waals surface area contributed by atoms with Gasteiger partial charge in [0.25, 0.3) is 5.91 Å². The Morgan fingerprint density at radius 1 is 1.35 bits per heavy atom. The van der Waals surface area contributed by atoms with Gasteiger partial charge in [0.05, 0.1) is 12.7 Å². The average Bonchev–Trinajstić information content (AvgIpc) is 2.49. The zero-order valence-corrected chi connectivity index (χ0v) is 11.4. The van der Waals surface area contributed by atoms with Crippen LogP contribution in [0.4, 0.5) is 0 Å². The molecular weight excluding hydrogens is 256 g/mol. The van der Waals surface area contributed by atoms with Gasteiger partial charge >= 0.3 is 0 Å². The maximum absolute atomic E-state index is 12.5. The van der Waals surface area contributed by atoms with Gasteiger partial charge in [0, 0.05) is 25.6 Å². The Bertz CT molecular complexity index is 506. The first-order valence-electron chi connectivity index (χ1n) is 7.06. The van der Waals surface area contributed by atoms with E-state index in [1.165, 1.54) is 11.1 Å². The molecule has 5 heteroatoms. The van der Waals surface area contributed by atoms with Crippen LogP contribution in [-0.4, -0.2) is 47.3 Å². The van der Waals surface area contributed by atoms with Crippen molar-refractivity contribution in [1.82, 2.24) is 4.90 Å². The number of nitrogens with two attached hydrogens (primary N) is 1. The highest BCUT2D eigenvalue weighted by atomic mass is 16.5. The highest BCUT2D eigenvalue weighted by Crippen LogP contribution is 2.22. The maximum Gasteiger partial charge on any atom is 0.252 e. The lowest BCUT2D eigenvalue weighted by molar-refractivity contribution is -0.153. The Labute approximate surface area is 118 Å². The molecule has 5 nitrogen and oxygen atoms in total. The fourth-order valence-electron chi connectivity index (χ4n) is 2.87. The fraction of sp³-hybridized carbons (Fsp3) is 0.533. The Hall–Kier alpha value is -1.43. The maximum atomic E-state index is 12.5. The van der Waals surface area contributed by atoms with Gasteiger partial charge in [0.1, 0.15) is 6.10 Å². The lowest BCUT2D eigenvalue weighted by atomic mass is 9.97. The van der Waals surface area contributed by atoms with E-state index in [2.05, 4.69) is 12.1 Å². The van der Waals surface area contributed by atoms with Crippen molar-refractivity contribution in [1.29, 1.82) is 0 Å². The third-order valence-corrected chi connectivity index (χ3v) is 4.17. The Balaban J connectivity index is 1.67. The van der Waals surface area contributed by atoms with E-state index in [4.69, 9.17) is 10.5 Å². The van der Waals surface area contributed by atoms with Crippen molar-refractivity contribution in [2.45, 2.75) is 37.6 Å². The van der Waals surface area contributed by atoms with Gasteiger partial charge in [-0.25, -0.2) is 0 Å². The zero-order chi connectivity index (χ0) is 14.1. The largest absolute Gasteiger partial charge is 0.389 e. The molecule has 1 saturated heterocycles. The first-order valence-corrected chi connectivity index (χ1v) is 7.06. The van der Waals surface area contributed by atoms with Gasteiger partial charge in [0.2, 0.25) is 0 Å². The zero-order valence-electron chi connectivity index (χ0n) is 11.4. The Morgan fingerprint density at radius 3 is 2.85 bits per heavy atom. The van der Waals surface area contributed by atoms with Crippen LogP contribution in [-0.2, 0) is 22.5 Å². The number of hydrogen-bond donors (Lipinski definition) is 2. The minimum absolute atomic E-state index is 0.0122. The molecule has 3 rings (SSSR count). The number of amides is 1. The number of ether oxygens (including phenoxy) is 1. The number of rotatable bonds is 1. The SMILES string of the molecule is N[C@@H]1C[C@H](C(=O)N2CCc3ccccc3C2)OC[C@H]1O. The number of benzene rings is 1. The molecule has 1 fully saturated rings. The molecule has 2 aliphatic rings. The van der Waals surface area contributed by atoms with E-state index >= 15 is 0 Å². The second-order valence-electron chi connectivity index (χ2n) is 5.57. The van der Waals surface area contributed by atoms with Crippen LogP contribution in [0.1, 0.15) is 17.5 Å². The van der Waals surface area contributed by atoms with E-state index in [-0.39, 0.29) is 18.6 Å². The van der Waals surface area contributed by atoms with Crippen molar-refractivity contribution < 1.29 is 14.6 Å². The summed E-state index contributed by atoms with van der Waals surface area (Å²) in [6.45, 7) is 1.49. The van der Waals surface area contributed by atoms with Crippen molar-refractivity contribution in [2.24, 2.45) is 5.73 Å². The third kappa shape index (κ3) is 2.57. The molecule has 2 aliphatic heterocycles. The minimum Gasteiger partial charge on any atom is -0.389 e. The predicted molar refractivity (Wildman–Crippen MR) is 73.9 cm³/mol. The lowest BCUT2D eigenvalue weighted by Gasteiger charge is -2.35. The van der Waals surface area contributed by atoms with Gasteiger partial charge < -0.3 is 20.5 Å². The first kappa shape index (κ1) is 13.5. The standard InChI is InChI=1S/C15H20N2O3/c16-12-7-14(20-9-13(12)18)15(19)17-6-5-10-3-1-2-4-11(10)8-17/h1-4,12-14,18H,5-9,16H2/t12-,13-,14-/m1/s1. The van der Waals surface area contributed by atoms with E-state index in [0.29, 0.717) is 19.5 Å². The molecule has 3 N–H and O–H groups in total. The van der Waals surface area contributed by atoms with E-state index in [1.807, 2.05) is 17.0 Å². The highest BCUT2D eigenvalue weighted by Gasteiger charge is 2.34. The Morgan fingerprint density at radius 2 is 2.10 bits per heavy atom.